The van der Waals surface area contributed by atoms with Crippen molar-refractivity contribution in [3.63, 3.8) is 0 Å². The van der Waals surface area contributed by atoms with E-state index in [0.717, 1.165) is 39.6 Å². The summed E-state index contributed by atoms with van der Waals surface area (Å²) in [6.07, 6.45) is 0.872. The molecule has 0 saturated carbocycles. The second kappa shape index (κ2) is 9.28. The van der Waals surface area contributed by atoms with Crippen molar-refractivity contribution in [3.05, 3.63) is 77.2 Å². The van der Waals surface area contributed by atoms with E-state index in [0.29, 0.717) is 5.16 Å². The van der Waals surface area contributed by atoms with Gasteiger partial charge in [0.25, 0.3) is 0 Å². The first-order chi connectivity index (χ1) is 14.7. The van der Waals surface area contributed by atoms with Gasteiger partial charge in [-0.25, -0.2) is 0 Å². The molecule has 0 fully saturated rings. The molecule has 0 spiro atoms. The molecule has 1 amide bonds. The lowest BCUT2D eigenvalue weighted by molar-refractivity contribution is -0.113. The zero-order valence-corrected chi connectivity index (χ0v) is 18.5. The summed E-state index contributed by atoms with van der Waals surface area (Å²) in [6.45, 7) is 4.11. The number of nitrogens with zero attached hydrogens (tertiary/aromatic N) is 3. The van der Waals surface area contributed by atoms with Gasteiger partial charge in [0.05, 0.1) is 10.6 Å². The molecule has 4 rings (SSSR count). The van der Waals surface area contributed by atoms with Crippen LogP contribution < -0.4 is 5.32 Å². The number of hydrogen-bond acceptors (Lipinski definition) is 5. The number of carbonyl (C=O) groups excluding carboxylic acids is 1. The second-order valence-corrected chi connectivity index (χ2v) is 8.64. The van der Waals surface area contributed by atoms with Crippen LogP contribution in [-0.4, -0.2) is 26.4 Å². The predicted octanol–water partition coefficient (Wildman–Crippen LogP) is 5.60. The number of aromatic nitrogens is 3. The van der Waals surface area contributed by atoms with Crippen LogP contribution in [0.3, 0.4) is 0 Å². The minimum Gasteiger partial charge on any atom is -0.325 e. The predicted molar refractivity (Wildman–Crippen MR) is 125 cm³/mol. The minimum atomic E-state index is -0.0516. The Kier molecular flexibility index (Phi) is 6.30. The SMILES string of the molecule is CCc1cccc(C)c1NC(=O)CSc1nnc(-c2cccs2)n1-c1ccccc1. The van der Waals surface area contributed by atoms with Crippen LogP contribution in [-0.2, 0) is 11.2 Å². The molecule has 0 aliphatic heterocycles. The van der Waals surface area contributed by atoms with Crippen LogP contribution in [0.4, 0.5) is 5.69 Å². The number of hydrogen-bond donors (Lipinski definition) is 1. The molecule has 7 heteroatoms. The molecule has 4 aromatic rings. The van der Waals surface area contributed by atoms with Crippen molar-refractivity contribution >= 4 is 34.7 Å². The lowest BCUT2D eigenvalue weighted by Crippen LogP contribution is -2.16. The maximum Gasteiger partial charge on any atom is 0.234 e. The number of thioether (sulfide) groups is 1. The van der Waals surface area contributed by atoms with Crippen LogP contribution >= 0.6 is 23.1 Å². The Hall–Kier alpha value is -2.90. The largest absolute Gasteiger partial charge is 0.325 e. The van der Waals surface area contributed by atoms with Gasteiger partial charge in [0, 0.05) is 11.4 Å². The molecule has 0 radical (unpaired) electrons. The number of anilines is 1. The second-order valence-electron chi connectivity index (χ2n) is 6.75. The first-order valence-electron chi connectivity index (χ1n) is 9.73. The van der Waals surface area contributed by atoms with Crippen molar-refractivity contribution < 1.29 is 4.79 Å². The zero-order chi connectivity index (χ0) is 20.9. The summed E-state index contributed by atoms with van der Waals surface area (Å²) < 4.78 is 2.01. The van der Waals surface area contributed by atoms with Crippen LogP contribution in [0.5, 0.6) is 0 Å². The molecule has 2 aromatic heterocycles. The highest BCUT2D eigenvalue weighted by Gasteiger charge is 2.18. The van der Waals surface area contributed by atoms with Crippen molar-refractivity contribution in [3.8, 4) is 16.4 Å². The summed E-state index contributed by atoms with van der Waals surface area (Å²) in [6, 6.07) is 20.1. The van der Waals surface area contributed by atoms with E-state index in [4.69, 9.17) is 0 Å². The molecule has 0 saturated heterocycles. The van der Waals surface area contributed by atoms with Gasteiger partial charge in [0.2, 0.25) is 5.91 Å². The first-order valence-corrected chi connectivity index (χ1v) is 11.6. The van der Waals surface area contributed by atoms with Crippen LogP contribution in [0.25, 0.3) is 16.4 Å². The average Bonchev–Trinajstić information content (AvgIpc) is 3.44. The third-order valence-corrected chi connectivity index (χ3v) is 6.52. The van der Waals surface area contributed by atoms with Gasteiger partial charge in [-0.2, -0.15) is 0 Å². The molecule has 0 atom stereocenters. The molecule has 0 bridgehead atoms. The Bertz CT molecular complexity index is 1140. The fourth-order valence-corrected chi connectivity index (χ4v) is 4.70. The molecule has 152 valence electrons. The Balaban J connectivity index is 1.56. The lowest BCUT2D eigenvalue weighted by atomic mass is 10.1. The summed E-state index contributed by atoms with van der Waals surface area (Å²) in [5.74, 6) is 0.989. The summed E-state index contributed by atoms with van der Waals surface area (Å²) in [5.41, 5.74) is 4.09. The van der Waals surface area contributed by atoms with Crippen molar-refractivity contribution in [2.24, 2.45) is 0 Å². The molecule has 5 nitrogen and oxygen atoms in total. The Labute approximate surface area is 184 Å². The molecule has 2 heterocycles. The van der Waals surface area contributed by atoms with Crippen LogP contribution in [0.15, 0.2) is 71.2 Å². The molecule has 0 aliphatic rings. The Morgan fingerprint density at radius 3 is 2.63 bits per heavy atom. The number of rotatable bonds is 7. The van der Waals surface area contributed by atoms with Gasteiger partial charge >= 0.3 is 0 Å². The van der Waals surface area contributed by atoms with Crippen molar-refractivity contribution in [1.29, 1.82) is 0 Å². The quantitative estimate of drug-likeness (QED) is 0.385. The standard InChI is InChI=1S/C23H22N4OS2/c1-3-17-10-7-9-16(2)21(17)24-20(28)15-30-23-26-25-22(19-13-8-14-29-19)27(23)18-11-5-4-6-12-18/h4-14H,3,15H2,1-2H3,(H,24,28). The van der Waals surface area contributed by atoms with E-state index in [1.807, 2.05) is 71.5 Å². The molecular weight excluding hydrogens is 412 g/mol. The number of nitrogens with one attached hydrogen (secondary N) is 1. The van der Waals surface area contributed by atoms with E-state index in [1.54, 1.807) is 11.3 Å². The molecule has 30 heavy (non-hydrogen) atoms. The van der Waals surface area contributed by atoms with E-state index in [9.17, 15) is 4.79 Å². The summed E-state index contributed by atoms with van der Waals surface area (Å²) >= 11 is 3.01. The molecular formula is C23H22N4OS2. The normalized spacial score (nSPS) is 10.9. The van der Waals surface area contributed by atoms with Gasteiger partial charge < -0.3 is 5.32 Å². The minimum absolute atomic E-state index is 0.0516. The van der Waals surface area contributed by atoms with Crippen LogP contribution in [0, 0.1) is 6.92 Å². The average molecular weight is 435 g/mol. The zero-order valence-electron chi connectivity index (χ0n) is 16.8. The van der Waals surface area contributed by atoms with Gasteiger partial charge in [0.15, 0.2) is 11.0 Å². The Morgan fingerprint density at radius 2 is 1.90 bits per heavy atom. The van der Waals surface area contributed by atoms with E-state index in [2.05, 4.69) is 28.5 Å². The maximum absolute atomic E-state index is 12.7. The van der Waals surface area contributed by atoms with Gasteiger partial charge in [0.1, 0.15) is 0 Å². The number of benzene rings is 2. The van der Waals surface area contributed by atoms with E-state index < -0.39 is 0 Å². The summed E-state index contributed by atoms with van der Waals surface area (Å²) in [5, 5.41) is 14.6. The van der Waals surface area contributed by atoms with Crippen molar-refractivity contribution in [2.75, 3.05) is 11.1 Å². The topological polar surface area (TPSA) is 59.8 Å². The van der Waals surface area contributed by atoms with E-state index >= 15 is 0 Å². The van der Waals surface area contributed by atoms with Crippen molar-refractivity contribution in [1.82, 2.24) is 14.8 Å². The molecule has 0 unspecified atom stereocenters. The molecule has 0 aliphatic carbocycles. The fraction of sp³-hybridized carbons (Fsp3) is 0.174. The van der Waals surface area contributed by atoms with Gasteiger partial charge in [-0.3, -0.25) is 9.36 Å². The third kappa shape index (κ3) is 4.32. The highest BCUT2D eigenvalue weighted by atomic mass is 32.2. The van der Waals surface area contributed by atoms with Gasteiger partial charge in [-0.05, 0) is 48.1 Å². The number of para-hydroxylation sites is 2. The summed E-state index contributed by atoms with van der Waals surface area (Å²) in [4.78, 5) is 13.7. The highest BCUT2D eigenvalue weighted by molar-refractivity contribution is 7.99. The lowest BCUT2D eigenvalue weighted by Gasteiger charge is -2.13. The van der Waals surface area contributed by atoms with Crippen LogP contribution in [0.2, 0.25) is 0 Å². The number of carbonyl (C=O) groups is 1. The Morgan fingerprint density at radius 1 is 1.07 bits per heavy atom. The monoisotopic (exact) mass is 434 g/mol. The molecule has 1 N–H and O–H groups in total. The number of aryl methyl sites for hydroxylation is 2. The molecule has 2 aromatic carbocycles. The van der Waals surface area contributed by atoms with E-state index in [-0.39, 0.29) is 11.7 Å². The van der Waals surface area contributed by atoms with Crippen molar-refractivity contribution in [2.45, 2.75) is 25.4 Å². The van der Waals surface area contributed by atoms with E-state index in [1.165, 1.54) is 11.8 Å². The number of thiophene rings is 1. The van der Waals surface area contributed by atoms with Gasteiger partial charge in [-0.15, -0.1) is 21.5 Å². The van der Waals surface area contributed by atoms with Gasteiger partial charge in [-0.1, -0.05) is 61.2 Å². The third-order valence-electron chi connectivity index (χ3n) is 4.73. The smallest absolute Gasteiger partial charge is 0.234 e. The fourth-order valence-electron chi connectivity index (χ4n) is 3.25. The maximum atomic E-state index is 12.7. The number of amides is 1. The van der Waals surface area contributed by atoms with Crippen LogP contribution in [0.1, 0.15) is 18.1 Å². The first kappa shape index (κ1) is 20.4. The highest BCUT2D eigenvalue weighted by Crippen LogP contribution is 2.30. The summed E-state index contributed by atoms with van der Waals surface area (Å²) in [7, 11) is 0.